The zero-order valence-electron chi connectivity index (χ0n) is 7.41. The minimum Gasteiger partial charge on any atom is -0.339 e. The quantitative estimate of drug-likeness (QED) is 0.500. The van der Waals surface area contributed by atoms with Crippen LogP contribution in [0.2, 0.25) is 0 Å². The Labute approximate surface area is 90.4 Å². The van der Waals surface area contributed by atoms with Gasteiger partial charge in [0.15, 0.2) is 0 Å². The molecule has 0 amide bonds. The van der Waals surface area contributed by atoms with Gasteiger partial charge in [-0.25, -0.2) is 0 Å². The van der Waals surface area contributed by atoms with Crippen LogP contribution in [0.15, 0.2) is 12.2 Å². The first-order chi connectivity index (χ1) is 4.04. The largest absolute Gasteiger partial charge is 0.339 e. The average molecular weight is 214 g/mol. The third-order valence-electron chi connectivity index (χ3n) is 2.14. The predicted molar refractivity (Wildman–Crippen MR) is 43.2 cm³/mol. The summed E-state index contributed by atoms with van der Waals surface area (Å²) in [7, 11) is 0. The summed E-state index contributed by atoms with van der Waals surface area (Å²) in [6, 6.07) is 0. The van der Waals surface area contributed by atoms with Gasteiger partial charge in [0.25, 0.3) is 0 Å². The molecule has 0 atom stereocenters. The minimum atomic E-state index is 0. The molecule has 57 valence electrons. The smallest absolute Gasteiger partial charge is 0 e. The van der Waals surface area contributed by atoms with Crippen molar-refractivity contribution in [2.75, 3.05) is 0 Å². The summed E-state index contributed by atoms with van der Waals surface area (Å²) in [5, 5.41) is 0. The van der Waals surface area contributed by atoms with Crippen molar-refractivity contribution < 1.29 is 32.7 Å². The van der Waals surface area contributed by atoms with Crippen LogP contribution in [-0.4, -0.2) is 0 Å². The van der Waals surface area contributed by atoms with E-state index in [9.17, 15) is 0 Å². The molecule has 0 aromatic rings. The molecule has 0 spiro atoms. The maximum absolute atomic E-state index is 3.95. The van der Waals surface area contributed by atoms with E-state index in [4.69, 9.17) is 0 Å². The number of hydrogen-bond acceptors (Lipinski definition) is 0. The van der Waals surface area contributed by atoms with Crippen molar-refractivity contribution in [2.45, 2.75) is 33.6 Å². The molecule has 0 saturated carbocycles. The Bertz CT molecular complexity index is 103. The average Bonchev–Trinajstić information content (AvgIpc) is 1.86. The van der Waals surface area contributed by atoms with Gasteiger partial charge in [-0.15, -0.1) is 12.2 Å². The molecule has 1 radical (unpaired) electrons. The Morgan fingerprint density at radius 3 is 2.00 bits per heavy atom. The number of allylic oxidation sites excluding steroid dienone is 1. The molecule has 0 aromatic heterocycles. The van der Waals surface area contributed by atoms with Crippen LogP contribution in [0.25, 0.3) is 0 Å². The summed E-state index contributed by atoms with van der Waals surface area (Å²) in [6.07, 6.45) is 2.02. The van der Waals surface area contributed by atoms with Crippen molar-refractivity contribution in [3.63, 3.8) is 0 Å². The Hall–Kier alpha value is 0.844. The molecule has 0 nitrogen and oxygen atoms in total. The van der Waals surface area contributed by atoms with Gasteiger partial charge in [0.2, 0.25) is 0 Å². The summed E-state index contributed by atoms with van der Waals surface area (Å²) in [4.78, 5) is 0. The Morgan fingerprint density at radius 1 is 1.50 bits per heavy atom. The van der Waals surface area contributed by atoms with Gasteiger partial charge in [0, 0.05) is 32.7 Å². The van der Waals surface area contributed by atoms with Crippen molar-refractivity contribution in [1.82, 2.24) is 0 Å². The second-order valence-electron chi connectivity index (χ2n) is 3.09. The summed E-state index contributed by atoms with van der Waals surface area (Å²) in [6.45, 7) is 14.4. The topological polar surface area (TPSA) is 0 Å². The SMILES string of the molecule is C=C(C[CH2-])C(C)(C)CC.[Y]. The fourth-order valence-electron chi connectivity index (χ4n) is 0.588. The van der Waals surface area contributed by atoms with Crippen LogP contribution in [0.3, 0.4) is 0 Å². The molecule has 0 aliphatic heterocycles. The molecule has 0 aliphatic carbocycles. The number of hydrogen-bond donors (Lipinski definition) is 0. The standard InChI is InChI=1S/C9H17.Y/c1-6-8(3)9(4,5)7-2;/h1,3,6-7H2,2,4-5H3;/q-1;. The molecule has 10 heavy (non-hydrogen) atoms. The van der Waals surface area contributed by atoms with Crippen LogP contribution in [0, 0.1) is 12.3 Å². The normalized spacial score (nSPS) is 10.4. The van der Waals surface area contributed by atoms with E-state index in [1.54, 1.807) is 0 Å². The van der Waals surface area contributed by atoms with Gasteiger partial charge >= 0.3 is 0 Å². The van der Waals surface area contributed by atoms with E-state index in [2.05, 4.69) is 34.3 Å². The Kier molecular flexibility index (Phi) is 7.37. The van der Waals surface area contributed by atoms with E-state index in [-0.39, 0.29) is 32.7 Å². The molecule has 0 fully saturated rings. The van der Waals surface area contributed by atoms with Crippen molar-refractivity contribution >= 4 is 0 Å². The third-order valence-corrected chi connectivity index (χ3v) is 2.14. The molecule has 0 unspecified atom stereocenters. The molecular formula is C9H17Y-. The molecule has 0 aromatic carbocycles. The Balaban J connectivity index is 0. The van der Waals surface area contributed by atoms with E-state index < -0.39 is 0 Å². The predicted octanol–water partition coefficient (Wildman–Crippen LogP) is 3.20. The van der Waals surface area contributed by atoms with Gasteiger partial charge in [-0.05, 0) is 11.8 Å². The summed E-state index contributed by atoms with van der Waals surface area (Å²) in [5.74, 6) is 0. The first kappa shape index (κ1) is 13.4. The van der Waals surface area contributed by atoms with Crippen LogP contribution < -0.4 is 0 Å². The zero-order valence-corrected chi connectivity index (χ0v) is 10.2. The van der Waals surface area contributed by atoms with Crippen molar-refractivity contribution in [3.05, 3.63) is 19.1 Å². The van der Waals surface area contributed by atoms with Gasteiger partial charge < -0.3 is 6.92 Å². The fourth-order valence-corrected chi connectivity index (χ4v) is 0.588. The summed E-state index contributed by atoms with van der Waals surface area (Å²) < 4.78 is 0. The molecule has 0 bridgehead atoms. The maximum atomic E-state index is 3.95. The van der Waals surface area contributed by atoms with E-state index >= 15 is 0 Å². The van der Waals surface area contributed by atoms with Gasteiger partial charge in [-0.1, -0.05) is 20.8 Å². The van der Waals surface area contributed by atoms with Crippen molar-refractivity contribution in [1.29, 1.82) is 0 Å². The summed E-state index contributed by atoms with van der Waals surface area (Å²) >= 11 is 0. The Morgan fingerprint density at radius 2 is 1.90 bits per heavy atom. The van der Waals surface area contributed by atoms with E-state index in [0.717, 1.165) is 12.8 Å². The van der Waals surface area contributed by atoms with Gasteiger partial charge in [-0.2, -0.15) is 6.42 Å². The van der Waals surface area contributed by atoms with Crippen molar-refractivity contribution in [3.8, 4) is 0 Å². The first-order valence-corrected chi connectivity index (χ1v) is 3.52. The number of rotatable bonds is 3. The second kappa shape index (κ2) is 5.49. The molecule has 0 saturated heterocycles. The minimum absolute atomic E-state index is 0. The maximum Gasteiger partial charge on any atom is 0 e. The third kappa shape index (κ3) is 3.88. The van der Waals surface area contributed by atoms with Gasteiger partial charge in [-0.3, -0.25) is 0 Å². The molecular weight excluding hydrogens is 197 g/mol. The van der Waals surface area contributed by atoms with Crippen LogP contribution in [0.1, 0.15) is 33.6 Å². The zero-order chi connectivity index (χ0) is 7.49. The van der Waals surface area contributed by atoms with E-state index in [0.29, 0.717) is 5.41 Å². The van der Waals surface area contributed by atoms with E-state index in [1.807, 2.05) is 0 Å². The van der Waals surface area contributed by atoms with Crippen LogP contribution in [0.4, 0.5) is 0 Å². The molecule has 0 heterocycles. The monoisotopic (exact) mass is 214 g/mol. The van der Waals surface area contributed by atoms with Gasteiger partial charge in [0.1, 0.15) is 0 Å². The molecule has 0 rings (SSSR count). The molecule has 0 aliphatic rings. The summed E-state index contributed by atoms with van der Waals surface area (Å²) in [5.41, 5.74) is 1.55. The van der Waals surface area contributed by atoms with Crippen LogP contribution >= 0.6 is 0 Å². The molecule has 0 N–H and O–H groups in total. The fraction of sp³-hybridized carbons (Fsp3) is 0.667. The van der Waals surface area contributed by atoms with Crippen LogP contribution in [-0.2, 0) is 32.7 Å². The first-order valence-electron chi connectivity index (χ1n) is 3.52. The van der Waals surface area contributed by atoms with Gasteiger partial charge in [0.05, 0.1) is 0 Å². The van der Waals surface area contributed by atoms with Crippen molar-refractivity contribution in [2.24, 2.45) is 5.41 Å². The second-order valence-corrected chi connectivity index (χ2v) is 3.09. The van der Waals surface area contributed by atoms with Crippen LogP contribution in [0.5, 0.6) is 0 Å². The molecule has 1 heteroatoms. The van der Waals surface area contributed by atoms with E-state index in [1.165, 1.54) is 5.57 Å².